The van der Waals surface area contributed by atoms with Crippen LogP contribution in [0.5, 0.6) is 0 Å². The molecule has 2 N–H and O–H groups in total. The highest BCUT2D eigenvalue weighted by atomic mass is 32.2. The minimum atomic E-state index is -3.28. The van der Waals surface area contributed by atoms with E-state index in [1.54, 1.807) is 10.5 Å². The molecule has 1 aliphatic heterocycles. The lowest BCUT2D eigenvalue weighted by Crippen LogP contribution is -2.29. The number of fused-ring (bicyclic) bond motifs is 1. The number of aromatic amines is 1. The first-order chi connectivity index (χ1) is 17.9. The van der Waals surface area contributed by atoms with E-state index in [1.165, 1.54) is 0 Å². The first-order valence-electron chi connectivity index (χ1n) is 12.3. The zero-order valence-corrected chi connectivity index (χ0v) is 21.8. The fourth-order valence-corrected chi connectivity index (χ4v) is 6.38. The molecule has 0 bridgehead atoms. The van der Waals surface area contributed by atoms with Gasteiger partial charge in [0.2, 0.25) is 10.0 Å². The molecule has 0 unspecified atom stereocenters. The number of H-pyrrole nitrogens is 1. The molecule has 0 atom stereocenters. The number of rotatable bonds is 7. The molecule has 7 nitrogen and oxygen atoms in total. The molecule has 0 radical (unpaired) electrons. The number of nitriles is 1. The first kappa shape index (κ1) is 24.8. The molecule has 1 saturated heterocycles. The Kier molecular flexibility index (Phi) is 6.83. The molecule has 0 saturated carbocycles. The van der Waals surface area contributed by atoms with Crippen LogP contribution in [0.15, 0.2) is 54.9 Å². The van der Waals surface area contributed by atoms with Crippen molar-refractivity contribution in [3.63, 3.8) is 0 Å². The van der Waals surface area contributed by atoms with Crippen LogP contribution in [0.1, 0.15) is 46.4 Å². The van der Waals surface area contributed by atoms with Crippen molar-refractivity contribution in [3.05, 3.63) is 88.4 Å². The van der Waals surface area contributed by atoms with Crippen LogP contribution < -0.4 is 5.32 Å². The van der Waals surface area contributed by atoms with E-state index in [0.29, 0.717) is 24.3 Å². The van der Waals surface area contributed by atoms with Gasteiger partial charge in [0.25, 0.3) is 0 Å². The van der Waals surface area contributed by atoms with Crippen molar-refractivity contribution < 1.29 is 8.42 Å². The lowest BCUT2D eigenvalue weighted by atomic mass is 10.0. The van der Waals surface area contributed by atoms with Gasteiger partial charge in [0.15, 0.2) is 0 Å². The van der Waals surface area contributed by atoms with Crippen LogP contribution >= 0.6 is 0 Å². The lowest BCUT2D eigenvalue weighted by Gasteiger charge is -2.16. The summed E-state index contributed by atoms with van der Waals surface area (Å²) < 4.78 is 26.9. The molecule has 0 aliphatic carbocycles. The second kappa shape index (κ2) is 10.2. The molecule has 2 aromatic heterocycles. The maximum absolute atomic E-state index is 12.6. The van der Waals surface area contributed by atoms with Gasteiger partial charge in [-0.2, -0.15) is 5.26 Å². The fraction of sp³-hybridized carbons (Fsp3) is 0.241. The van der Waals surface area contributed by atoms with Crippen molar-refractivity contribution in [1.82, 2.24) is 14.3 Å². The topological polar surface area (TPSA) is 102 Å². The number of pyridine rings is 1. The molecule has 0 amide bonds. The molecule has 0 spiro atoms. The fourth-order valence-electron chi connectivity index (χ4n) is 4.77. The van der Waals surface area contributed by atoms with Gasteiger partial charge in [-0.25, -0.2) is 12.7 Å². The highest BCUT2D eigenvalue weighted by Gasteiger charge is 2.25. The molecular weight excluding hydrogens is 482 g/mol. The molecule has 4 aromatic rings. The third-order valence-electron chi connectivity index (χ3n) is 6.93. The third kappa shape index (κ3) is 5.15. The van der Waals surface area contributed by atoms with Gasteiger partial charge in [0.1, 0.15) is 6.07 Å². The van der Waals surface area contributed by atoms with E-state index < -0.39 is 10.0 Å². The van der Waals surface area contributed by atoms with E-state index in [0.717, 1.165) is 57.4 Å². The normalized spacial score (nSPS) is 14.4. The van der Waals surface area contributed by atoms with Crippen LogP contribution in [0, 0.1) is 25.2 Å². The third-order valence-corrected chi connectivity index (χ3v) is 8.78. The Labute approximate surface area is 217 Å². The summed E-state index contributed by atoms with van der Waals surface area (Å²) in [5.74, 6) is 0.0170. The molecule has 8 heteroatoms. The van der Waals surface area contributed by atoms with Gasteiger partial charge in [0, 0.05) is 53.3 Å². The van der Waals surface area contributed by atoms with Gasteiger partial charge < -0.3 is 10.3 Å². The van der Waals surface area contributed by atoms with Crippen molar-refractivity contribution in [1.29, 1.82) is 5.26 Å². The smallest absolute Gasteiger partial charge is 0.218 e. The number of hydrogen-bond donors (Lipinski definition) is 2. The monoisotopic (exact) mass is 511 g/mol. The molecule has 37 heavy (non-hydrogen) atoms. The van der Waals surface area contributed by atoms with Crippen LogP contribution in [0.2, 0.25) is 0 Å². The number of nitrogens with zero attached hydrogens (tertiary/aromatic N) is 3. The zero-order chi connectivity index (χ0) is 26.0. The SMILES string of the molecule is Cc1ncc(C#N)c(Nc2ccc3[nH]ccc3c2C)c1/C=C/c1ccc(CS(=O)(=O)N2CCCC2)cc1. The van der Waals surface area contributed by atoms with Crippen LogP contribution in [0.4, 0.5) is 11.4 Å². The van der Waals surface area contributed by atoms with Crippen molar-refractivity contribution in [3.8, 4) is 6.07 Å². The summed E-state index contributed by atoms with van der Waals surface area (Å²) in [6.07, 6.45) is 9.28. The van der Waals surface area contributed by atoms with E-state index in [-0.39, 0.29) is 5.75 Å². The van der Waals surface area contributed by atoms with E-state index in [1.807, 2.05) is 67.7 Å². The average Bonchev–Trinajstić information content (AvgIpc) is 3.60. The highest BCUT2D eigenvalue weighted by Crippen LogP contribution is 2.32. The summed E-state index contributed by atoms with van der Waals surface area (Å²) in [5, 5.41) is 14.4. The number of anilines is 2. The van der Waals surface area contributed by atoms with Crippen molar-refractivity contribution in [2.24, 2.45) is 0 Å². The zero-order valence-electron chi connectivity index (χ0n) is 21.0. The van der Waals surface area contributed by atoms with Crippen LogP contribution in [0.25, 0.3) is 23.1 Å². The Balaban J connectivity index is 1.41. The Hall–Kier alpha value is -3.93. The van der Waals surface area contributed by atoms with Crippen LogP contribution in [-0.2, 0) is 15.8 Å². The number of hydrogen-bond acceptors (Lipinski definition) is 5. The van der Waals surface area contributed by atoms with Gasteiger partial charge in [-0.05, 0) is 61.6 Å². The Bertz CT molecular complexity index is 1620. The van der Waals surface area contributed by atoms with Crippen LogP contribution in [0.3, 0.4) is 0 Å². The standard InChI is InChI=1S/C29H29N5O2S/c1-20-25-13-14-31-28(25)12-11-27(20)33-29-24(17-30)18-32-21(2)26(29)10-9-22-5-7-23(8-6-22)19-37(35,36)34-15-3-4-16-34/h5-14,18,31H,3-4,15-16,19H2,1-2H3,(H,32,33)/b10-9+. The molecule has 1 aliphatic rings. The van der Waals surface area contributed by atoms with Crippen molar-refractivity contribution in [2.75, 3.05) is 18.4 Å². The number of aryl methyl sites for hydroxylation is 2. The molecular formula is C29H29N5O2S. The molecule has 188 valence electrons. The maximum atomic E-state index is 12.6. The second-order valence-electron chi connectivity index (χ2n) is 9.40. The lowest BCUT2D eigenvalue weighted by molar-refractivity contribution is 0.476. The predicted molar refractivity (Wildman–Crippen MR) is 149 cm³/mol. The molecule has 3 heterocycles. The molecule has 5 rings (SSSR count). The minimum Gasteiger partial charge on any atom is -0.361 e. The Morgan fingerprint density at radius 3 is 2.57 bits per heavy atom. The molecule has 2 aromatic carbocycles. The van der Waals surface area contributed by atoms with Gasteiger partial charge >= 0.3 is 0 Å². The summed E-state index contributed by atoms with van der Waals surface area (Å²) in [6.45, 7) is 5.21. The number of benzene rings is 2. The van der Waals surface area contributed by atoms with Gasteiger partial charge in [0.05, 0.1) is 17.0 Å². The summed E-state index contributed by atoms with van der Waals surface area (Å²) in [5.41, 5.74) is 7.56. The maximum Gasteiger partial charge on any atom is 0.218 e. The summed E-state index contributed by atoms with van der Waals surface area (Å²) >= 11 is 0. The average molecular weight is 512 g/mol. The Morgan fingerprint density at radius 1 is 1.08 bits per heavy atom. The minimum absolute atomic E-state index is 0.0170. The van der Waals surface area contributed by atoms with E-state index in [9.17, 15) is 13.7 Å². The second-order valence-corrected chi connectivity index (χ2v) is 11.4. The highest BCUT2D eigenvalue weighted by molar-refractivity contribution is 7.88. The summed E-state index contributed by atoms with van der Waals surface area (Å²) in [7, 11) is -3.28. The number of aromatic nitrogens is 2. The first-order valence-corrected chi connectivity index (χ1v) is 13.9. The van der Waals surface area contributed by atoms with Crippen LogP contribution in [-0.4, -0.2) is 35.8 Å². The molecule has 1 fully saturated rings. The largest absolute Gasteiger partial charge is 0.361 e. The van der Waals surface area contributed by atoms with Crippen molar-refractivity contribution in [2.45, 2.75) is 32.4 Å². The number of nitrogens with one attached hydrogen (secondary N) is 2. The predicted octanol–water partition coefficient (Wildman–Crippen LogP) is 5.89. The van der Waals surface area contributed by atoms with Crippen molar-refractivity contribution >= 4 is 44.5 Å². The van der Waals surface area contributed by atoms with E-state index in [4.69, 9.17) is 0 Å². The van der Waals surface area contributed by atoms with Gasteiger partial charge in [-0.1, -0.05) is 36.4 Å². The van der Waals surface area contributed by atoms with E-state index >= 15 is 0 Å². The summed E-state index contributed by atoms with van der Waals surface area (Å²) in [6, 6.07) is 15.9. The Morgan fingerprint density at radius 2 is 1.84 bits per heavy atom. The van der Waals surface area contributed by atoms with Gasteiger partial charge in [-0.3, -0.25) is 4.98 Å². The number of sulfonamides is 1. The van der Waals surface area contributed by atoms with E-state index in [2.05, 4.69) is 28.3 Å². The summed E-state index contributed by atoms with van der Waals surface area (Å²) in [4.78, 5) is 7.66. The van der Waals surface area contributed by atoms with Gasteiger partial charge in [-0.15, -0.1) is 0 Å². The quantitative estimate of drug-likeness (QED) is 0.322.